The van der Waals surface area contributed by atoms with Crippen molar-refractivity contribution in [3.63, 3.8) is 0 Å². The normalized spacial score (nSPS) is 12.7. The van der Waals surface area contributed by atoms with Crippen molar-refractivity contribution in [2.24, 2.45) is 0 Å². The molecule has 1 aliphatic rings. The number of carbonyl (C=O) groups excluding carboxylic acids is 1. The zero-order valence-electron chi connectivity index (χ0n) is 19.1. The standard InChI is InChI=1S/C26H28N2O5S/c1-20-7-10-22(11-8-20)28(34(30,31)23-5-3-2-4-6-23)16-14-26(29)27-15-13-21-9-12-24-25(19-21)33-18-17-32-24/h2-12,19H,13-18H2,1H3,(H,27,29). The molecule has 34 heavy (non-hydrogen) atoms. The first-order valence-electron chi connectivity index (χ1n) is 11.2. The molecule has 0 aromatic heterocycles. The highest BCUT2D eigenvalue weighted by Crippen LogP contribution is 2.30. The number of nitrogens with one attached hydrogen (secondary N) is 1. The van der Waals surface area contributed by atoms with Crippen LogP contribution >= 0.6 is 0 Å². The van der Waals surface area contributed by atoms with Gasteiger partial charge in [-0.1, -0.05) is 42.0 Å². The predicted octanol–water partition coefficient (Wildman–Crippen LogP) is 3.71. The average Bonchev–Trinajstić information content (AvgIpc) is 2.85. The maximum absolute atomic E-state index is 13.3. The number of aryl methyl sites for hydroxylation is 1. The van der Waals surface area contributed by atoms with Crippen LogP contribution in [0.4, 0.5) is 5.69 Å². The highest BCUT2D eigenvalue weighted by atomic mass is 32.2. The smallest absolute Gasteiger partial charge is 0.264 e. The lowest BCUT2D eigenvalue weighted by atomic mass is 10.1. The number of rotatable bonds is 9. The van der Waals surface area contributed by atoms with Gasteiger partial charge in [0.1, 0.15) is 13.2 Å². The Morgan fingerprint density at radius 2 is 1.65 bits per heavy atom. The SMILES string of the molecule is Cc1ccc(N(CCC(=O)NCCc2ccc3c(c2)OCCO3)S(=O)(=O)c2ccccc2)cc1. The summed E-state index contributed by atoms with van der Waals surface area (Å²) in [6, 6.07) is 21.2. The quantitative estimate of drug-likeness (QED) is 0.505. The van der Waals surface area contributed by atoms with Crippen LogP contribution in [0.25, 0.3) is 0 Å². The predicted molar refractivity (Wildman–Crippen MR) is 131 cm³/mol. The van der Waals surface area contributed by atoms with E-state index in [-0.39, 0.29) is 23.8 Å². The summed E-state index contributed by atoms with van der Waals surface area (Å²) in [4.78, 5) is 12.7. The first-order chi connectivity index (χ1) is 16.4. The number of fused-ring (bicyclic) bond motifs is 1. The van der Waals surface area contributed by atoms with Crippen molar-refractivity contribution in [1.82, 2.24) is 5.32 Å². The summed E-state index contributed by atoms with van der Waals surface area (Å²) in [5.41, 5.74) is 2.58. The van der Waals surface area contributed by atoms with E-state index in [1.807, 2.05) is 37.3 Å². The summed E-state index contributed by atoms with van der Waals surface area (Å²) in [6.07, 6.45) is 0.674. The van der Waals surface area contributed by atoms with Gasteiger partial charge in [0.25, 0.3) is 10.0 Å². The van der Waals surface area contributed by atoms with Crippen molar-refractivity contribution in [2.75, 3.05) is 30.6 Å². The molecule has 8 heteroatoms. The van der Waals surface area contributed by atoms with Gasteiger partial charge < -0.3 is 14.8 Å². The van der Waals surface area contributed by atoms with E-state index in [1.165, 1.54) is 4.31 Å². The lowest BCUT2D eigenvalue weighted by Gasteiger charge is -2.24. The molecule has 1 amide bonds. The van der Waals surface area contributed by atoms with E-state index in [2.05, 4.69) is 5.32 Å². The van der Waals surface area contributed by atoms with Gasteiger partial charge in [0, 0.05) is 19.5 Å². The molecule has 7 nitrogen and oxygen atoms in total. The van der Waals surface area contributed by atoms with Crippen molar-refractivity contribution in [1.29, 1.82) is 0 Å². The molecule has 0 saturated carbocycles. The maximum Gasteiger partial charge on any atom is 0.264 e. The summed E-state index contributed by atoms with van der Waals surface area (Å²) < 4.78 is 39.1. The largest absolute Gasteiger partial charge is 0.486 e. The highest BCUT2D eigenvalue weighted by molar-refractivity contribution is 7.92. The van der Waals surface area contributed by atoms with E-state index in [0.29, 0.717) is 31.9 Å². The Labute approximate surface area is 200 Å². The van der Waals surface area contributed by atoms with Crippen LogP contribution < -0.4 is 19.1 Å². The van der Waals surface area contributed by atoms with Crippen LogP contribution in [0.3, 0.4) is 0 Å². The fourth-order valence-electron chi connectivity index (χ4n) is 3.70. The number of hydrogen-bond acceptors (Lipinski definition) is 5. The van der Waals surface area contributed by atoms with Crippen molar-refractivity contribution in [2.45, 2.75) is 24.7 Å². The minimum atomic E-state index is -3.81. The maximum atomic E-state index is 13.3. The molecule has 0 spiro atoms. The molecule has 0 aliphatic carbocycles. The molecule has 4 rings (SSSR count). The third kappa shape index (κ3) is 5.69. The molecule has 0 bridgehead atoms. The van der Waals surface area contributed by atoms with E-state index >= 15 is 0 Å². The number of amides is 1. The lowest BCUT2D eigenvalue weighted by molar-refractivity contribution is -0.120. The van der Waals surface area contributed by atoms with E-state index in [9.17, 15) is 13.2 Å². The molecule has 0 radical (unpaired) electrons. The summed E-state index contributed by atoms with van der Waals surface area (Å²) in [7, 11) is -3.81. The topological polar surface area (TPSA) is 84.9 Å². The number of hydrogen-bond donors (Lipinski definition) is 1. The Morgan fingerprint density at radius 1 is 0.941 bits per heavy atom. The number of carbonyl (C=O) groups is 1. The minimum Gasteiger partial charge on any atom is -0.486 e. The van der Waals surface area contributed by atoms with Gasteiger partial charge in [0.2, 0.25) is 5.91 Å². The molecule has 0 unspecified atom stereocenters. The zero-order valence-corrected chi connectivity index (χ0v) is 19.9. The van der Waals surface area contributed by atoms with Crippen molar-refractivity contribution < 1.29 is 22.7 Å². The molecular formula is C26H28N2O5S. The first kappa shape index (κ1) is 23.6. The van der Waals surface area contributed by atoms with Crippen LogP contribution in [0.15, 0.2) is 77.7 Å². The Balaban J connectivity index is 1.38. The second kappa shape index (κ2) is 10.6. The van der Waals surface area contributed by atoms with Gasteiger partial charge >= 0.3 is 0 Å². The molecule has 178 valence electrons. The molecular weight excluding hydrogens is 452 g/mol. The molecule has 1 heterocycles. The van der Waals surface area contributed by atoms with Gasteiger partial charge in [-0.05, 0) is 55.3 Å². The Kier molecular flexibility index (Phi) is 7.37. The summed E-state index contributed by atoms with van der Waals surface area (Å²) in [5.74, 6) is 1.24. The molecule has 3 aromatic carbocycles. The number of sulfonamides is 1. The Hall–Kier alpha value is -3.52. The van der Waals surface area contributed by atoms with Crippen LogP contribution in [-0.4, -0.2) is 40.6 Å². The number of nitrogens with zero attached hydrogens (tertiary/aromatic N) is 1. The second-order valence-electron chi connectivity index (χ2n) is 8.05. The van der Waals surface area contributed by atoms with Gasteiger partial charge in [-0.3, -0.25) is 9.10 Å². The molecule has 0 atom stereocenters. The summed E-state index contributed by atoms with van der Waals surface area (Å²) in [5, 5.41) is 2.89. The van der Waals surface area contributed by atoms with Gasteiger partial charge in [-0.2, -0.15) is 0 Å². The molecule has 3 aromatic rings. The minimum absolute atomic E-state index is 0.0378. The lowest BCUT2D eigenvalue weighted by Crippen LogP contribution is -2.35. The monoisotopic (exact) mass is 480 g/mol. The fourth-order valence-corrected chi connectivity index (χ4v) is 5.19. The van der Waals surface area contributed by atoms with Crippen molar-refractivity contribution in [3.05, 3.63) is 83.9 Å². The Bertz CT molecular complexity index is 1230. The van der Waals surface area contributed by atoms with Crippen LogP contribution in [0.5, 0.6) is 11.5 Å². The van der Waals surface area contributed by atoms with Crippen molar-refractivity contribution >= 4 is 21.6 Å². The summed E-state index contributed by atoms with van der Waals surface area (Å²) in [6.45, 7) is 3.48. The molecule has 1 aliphatic heterocycles. The van der Waals surface area contributed by atoms with Gasteiger partial charge in [0.15, 0.2) is 11.5 Å². The highest BCUT2D eigenvalue weighted by Gasteiger charge is 2.25. The third-order valence-electron chi connectivity index (χ3n) is 5.54. The number of benzene rings is 3. The fraction of sp³-hybridized carbons (Fsp3) is 0.269. The molecule has 0 saturated heterocycles. The van der Waals surface area contributed by atoms with Crippen LogP contribution in [0.1, 0.15) is 17.5 Å². The zero-order chi connectivity index (χ0) is 24.0. The second-order valence-corrected chi connectivity index (χ2v) is 9.92. The van der Waals surface area contributed by atoms with E-state index in [4.69, 9.17) is 9.47 Å². The molecule has 0 fully saturated rings. The van der Waals surface area contributed by atoms with Crippen molar-refractivity contribution in [3.8, 4) is 11.5 Å². The van der Waals surface area contributed by atoms with E-state index < -0.39 is 10.0 Å². The molecule has 1 N–H and O–H groups in total. The Morgan fingerprint density at radius 3 is 2.38 bits per heavy atom. The average molecular weight is 481 g/mol. The van der Waals surface area contributed by atoms with E-state index in [1.54, 1.807) is 42.5 Å². The number of anilines is 1. The van der Waals surface area contributed by atoms with Crippen LogP contribution in [-0.2, 0) is 21.2 Å². The summed E-state index contributed by atoms with van der Waals surface area (Å²) >= 11 is 0. The van der Waals surface area contributed by atoms with Gasteiger partial charge in [0.05, 0.1) is 10.6 Å². The van der Waals surface area contributed by atoms with Crippen LogP contribution in [0.2, 0.25) is 0 Å². The first-order valence-corrected chi connectivity index (χ1v) is 12.7. The van der Waals surface area contributed by atoms with Crippen LogP contribution in [0, 0.1) is 6.92 Å². The third-order valence-corrected chi connectivity index (χ3v) is 7.38. The van der Waals surface area contributed by atoms with Gasteiger partial charge in [-0.25, -0.2) is 8.42 Å². The van der Waals surface area contributed by atoms with Gasteiger partial charge in [-0.15, -0.1) is 0 Å². The van der Waals surface area contributed by atoms with E-state index in [0.717, 1.165) is 22.6 Å². The number of ether oxygens (including phenoxy) is 2.